The van der Waals surface area contributed by atoms with Crippen molar-refractivity contribution in [2.45, 2.75) is 25.7 Å². The predicted molar refractivity (Wildman–Crippen MR) is 65.8 cm³/mol. The molecule has 2 nitrogen and oxygen atoms in total. The van der Waals surface area contributed by atoms with Crippen LogP contribution in [-0.2, 0) is 0 Å². The van der Waals surface area contributed by atoms with Gasteiger partial charge in [-0.15, -0.1) is 0 Å². The standard InChI is InChI=1S/C13H14BF2NO/c1-8-10(2-3-11(15)12(8)16)9-4-6-17(7-5-9)13(14)18/h2-3,9H,4-7H2,1H3. The van der Waals surface area contributed by atoms with Crippen LogP contribution in [0.3, 0.4) is 0 Å². The SMILES string of the molecule is [B]C(=O)N1CCC(c2ccc(F)c(F)c2C)CC1. The van der Waals surface area contributed by atoms with Gasteiger partial charge in [0.15, 0.2) is 17.4 Å². The lowest BCUT2D eigenvalue weighted by Gasteiger charge is -2.32. The highest BCUT2D eigenvalue weighted by atomic mass is 19.2. The third-order valence-corrected chi connectivity index (χ3v) is 3.63. The van der Waals surface area contributed by atoms with Crippen LogP contribution in [0, 0.1) is 18.6 Å². The fourth-order valence-electron chi connectivity index (χ4n) is 2.52. The molecule has 0 spiro atoms. The predicted octanol–water partition coefficient (Wildman–Crippen LogP) is 2.74. The van der Waals surface area contributed by atoms with Crippen LogP contribution >= 0.6 is 0 Å². The average Bonchev–Trinajstić information content (AvgIpc) is 2.36. The Balaban J connectivity index is 2.15. The van der Waals surface area contributed by atoms with Crippen molar-refractivity contribution in [2.75, 3.05) is 13.1 Å². The summed E-state index contributed by atoms with van der Waals surface area (Å²) in [5.74, 6) is -1.85. The van der Waals surface area contributed by atoms with Gasteiger partial charge in [0.05, 0.1) is 0 Å². The number of carbonyl (C=O) groups is 1. The van der Waals surface area contributed by atoms with Crippen LogP contribution in [-0.4, -0.2) is 31.6 Å². The van der Waals surface area contributed by atoms with Crippen LogP contribution in [0.25, 0.3) is 0 Å². The summed E-state index contributed by atoms with van der Waals surface area (Å²) >= 11 is 0. The van der Waals surface area contributed by atoms with E-state index in [2.05, 4.69) is 0 Å². The van der Waals surface area contributed by atoms with Gasteiger partial charge >= 0.3 is 0 Å². The van der Waals surface area contributed by atoms with Crippen molar-refractivity contribution in [3.05, 3.63) is 34.9 Å². The summed E-state index contributed by atoms with van der Waals surface area (Å²) in [6.45, 7) is 2.73. The number of hydrogen-bond donors (Lipinski definition) is 0. The number of hydrogen-bond acceptors (Lipinski definition) is 1. The molecule has 1 aliphatic rings. The highest BCUT2D eigenvalue weighted by molar-refractivity contribution is 6.56. The highest BCUT2D eigenvalue weighted by Gasteiger charge is 2.24. The molecule has 0 atom stereocenters. The van der Waals surface area contributed by atoms with E-state index in [-0.39, 0.29) is 5.92 Å². The van der Waals surface area contributed by atoms with E-state index in [9.17, 15) is 13.6 Å². The highest BCUT2D eigenvalue weighted by Crippen LogP contribution is 2.31. The zero-order valence-electron chi connectivity index (χ0n) is 10.2. The Kier molecular flexibility index (Phi) is 3.69. The largest absolute Gasteiger partial charge is 0.353 e. The molecule has 1 aromatic carbocycles. The summed E-state index contributed by atoms with van der Waals surface area (Å²) < 4.78 is 26.5. The van der Waals surface area contributed by atoms with Gasteiger partial charge in [-0.05, 0) is 42.9 Å². The first-order valence-electron chi connectivity index (χ1n) is 5.99. The summed E-state index contributed by atoms with van der Waals surface area (Å²) in [5, 5.41) is 0. The molecule has 1 amide bonds. The fraction of sp³-hybridized carbons (Fsp3) is 0.462. The van der Waals surface area contributed by atoms with Gasteiger partial charge in [-0.1, -0.05) is 6.07 Å². The minimum atomic E-state index is -0.814. The van der Waals surface area contributed by atoms with Crippen LogP contribution in [0.15, 0.2) is 12.1 Å². The van der Waals surface area contributed by atoms with Crippen LogP contribution in [0.1, 0.15) is 29.9 Å². The van der Waals surface area contributed by atoms with Crippen molar-refractivity contribution in [3.63, 3.8) is 0 Å². The molecule has 1 saturated heterocycles. The zero-order valence-corrected chi connectivity index (χ0v) is 10.2. The minimum Gasteiger partial charge on any atom is -0.353 e. The molecule has 2 radical (unpaired) electrons. The van der Waals surface area contributed by atoms with E-state index in [1.165, 1.54) is 0 Å². The van der Waals surface area contributed by atoms with Crippen molar-refractivity contribution >= 4 is 13.7 Å². The second-order valence-electron chi connectivity index (χ2n) is 4.68. The third-order valence-electron chi connectivity index (χ3n) is 3.63. The van der Waals surface area contributed by atoms with E-state index in [4.69, 9.17) is 7.85 Å². The number of halogens is 2. The summed E-state index contributed by atoms with van der Waals surface area (Å²) in [4.78, 5) is 12.6. The molecule has 2 rings (SSSR count). The zero-order chi connectivity index (χ0) is 13.3. The van der Waals surface area contributed by atoms with Crippen molar-refractivity contribution in [2.24, 2.45) is 0 Å². The lowest BCUT2D eigenvalue weighted by molar-refractivity contribution is 0.204. The second kappa shape index (κ2) is 5.08. The van der Waals surface area contributed by atoms with Crippen molar-refractivity contribution < 1.29 is 13.6 Å². The maximum atomic E-state index is 13.5. The fourth-order valence-corrected chi connectivity index (χ4v) is 2.52. The molecular weight excluding hydrogens is 235 g/mol. The molecule has 1 fully saturated rings. The smallest absolute Gasteiger partial charge is 0.200 e. The molecule has 18 heavy (non-hydrogen) atoms. The van der Waals surface area contributed by atoms with Crippen LogP contribution in [0.4, 0.5) is 13.6 Å². The average molecular weight is 249 g/mol. The van der Waals surface area contributed by atoms with Gasteiger partial charge in [0.25, 0.3) is 0 Å². The molecule has 1 heterocycles. The number of carbonyl (C=O) groups excluding carboxylic acids is 1. The molecule has 0 aliphatic carbocycles. The topological polar surface area (TPSA) is 20.3 Å². The van der Waals surface area contributed by atoms with Gasteiger partial charge in [0.1, 0.15) is 0 Å². The summed E-state index contributed by atoms with van der Waals surface area (Å²) in [6, 6.07) is 2.80. The Hall–Kier alpha value is -1.39. The number of benzene rings is 1. The number of piperidine rings is 1. The Morgan fingerprint density at radius 1 is 1.33 bits per heavy atom. The van der Waals surface area contributed by atoms with Crippen molar-refractivity contribution in [3.8, 4) is 0 Å². The van der Waals surface area contributed by atoms with Gasteiger partial charge < -0.3 is 4.90 Å². The van der Waals surface area contributed by atoms with Gasteiger partial charge in [-0.25, -0.2) is 8.78 Å². The van der Waals surface area contributed by atoms with E-state index in [0.29, 0.717) is 18.7 Å². The van der Waals surface area contributed by atoms with Crippen LogP contribution in [0.5, 0.6) is 0 Å². The molecule has 5 heteroatoms. The van der Waals surface area contributed by atoms with E-state index in [1.807, 2.05) is 0 Å². The van der Waals surface area contributed by atoms with E-state index in [1.54, 1.807) is 17.9 Å². The molecule has 94 valence electrons. The molecule has 0 N–H and O–H groups in total. The second-order valence-corrected chi connectivity index (χ2v) is 4.68. The quantitative estimate of drug-likeness (QED) is 0.701. The van der Waals surface area contributed by atoms with Crippen molar-refractivity contribution in [1.29, 1.82) is 0 Å². The van der Waals surface area contributed by atoms with Gasteiger partial charge in [0.2, 0.25) is 7.85 Å². The number of amides is 1. The van der Waals surface area contributed by atoms with E-state index in [0.717, 1.165) is 24.5 Å². The third kappa shape index (κ3) is 2.40. The Morgan fingerprint density at radius 3 is 2.50 bits per heavy atom. The summed E-state index contributed by atoms with van der Waals surface area (Å²) in [7, 11) is 5.20. The molecule has 1 aromatic rings. The Bertz CT molecular complexity index is 470. The first kappa shape index (κ1) is 13.1. The van der Waals surface area contributed by atoms with Gasteiger partial charge in [-0.2, -0.15) is 0 Å². The minimum absolute atomic E-state index is 0.163. The monoisotopic (exact) mass is 249 g/mol. The lowest BCUT2D eigenvalue weighted by atomic mass is 9.86. The summed E-state index contributed by atoms with van der Waals surface area (Å²) in [6.07, 6.45) is 1.46. The molecule has 0 aromatic heterocycles. The number of nitrogens with zero attached hydrogens (tertiary/aromatic N) is 1. The molecule has 1 aliphatic heterocycles. The van der Waals surface area contributed by atoms with E-state index < -0.39 is 17.4 Å². The first-order valence-corrected chi connectivity index (χ1v) is 5.99. The number of likely N-dealkylation sites (tertiary alicyclic amines) is 1. The summed E-state index contributed by atoms with van der Waals surface area (Å²) in [5.41, 5.74) is 1.20. The molecule has 0 saturated carbocycles. The normalized spacial score (nSPS) is 16.9. The first-order chi connectivity index (χ1) is 8.50. The van der Waals surface area contributed by atoms with Crippen LogP contribution < -0.4 is 0 Å². The molecular formula is C13H14BF2NO. The van der Waals surface area contributed by atoms with Gasteiger partial charge in [-0.3, -0.25) is 4.79 Å². The Labute approximate surface area is 106 Å². The van der Waals surface area contributed by atoms with Crippen molar-refractivity contribution in [1.82, 2.24) is 4.90 Å². The lowest BCUT2D eigenvalue weighted by Crippen LogP contribution is -2.37. The van der Waals surface area contributed by atoms with Crippen LogP contribution in [0.2, 0.25) is 0 Å². The van der Waals surface area contributed by atoms with Gasteiger partial charge in [0, 0.05) is 13.1 Å². The molecule has 0 unspecified atom stereocenters. The Morgan fingerprint density at radius 2 is 1.94 bits per heavy atom. The molecule has 0 bridgehead atoms. The van der Waals surface area contributed by atoms with E-state index >= 15 is 0 Å². The maximum absolute atomic E-state index is 13.5. The maximum Gasteiger partial charge on any atom is 0.200 e. The number of rotatable bonds is 1.